The summed E-state index contributed by atoms with van der Waals surface area (Å²) in [4.78, 5) is 37.9. The molecule has 1 atom stereocenters. The van der Waals surface area contributed by atoms with Gasteiger partial charge in [0.1, 0.15) is 5.52 Å². The molecule has 0 spiro atoms. The molecule has 7 heteroatoms. The van der Waals surface area contributed by atoms with E-state index < -0.39 is 0 Å². The summed E-state index contributed by atoms with van der Waals surface area (Å²) in [5.41, 5.74) is 5.27. The van der Waals surface area contributed by atoms with Gasteiger partial charge in [0.15, 0.2) is 11.5 Å². The number of benzene rings is 2. The fourth-order valence-electron chi connectivity index (χ4n) is 4.74. The Hall–Kier alpha value is -4.00. The number of carbonyl (C=O) groups is 1. The molecule has 1 N–H and O–H groups in total. The first-order valence-corrected chi connectivity index (χ1v) is 12.6. The summed E-state index contributed by atoms with van der Waals surface area (Å²) < 4.78 is 1.70. The minimum atomic E-state index is -0.221. The molecule has 5 rings (SSSR count). The zero-order chi connectivity index (χ0) is 25.1. The zero-order valence-electron chi connectivity index (χ0n) is 20.8. The second kappa shape index (κ2) is 10.3. The molecule has 2 aromatic carbocycles. The third kappa shape index (κ3) is 5.00. The summed E-state index contributed by atoms with van der Waals surface area (Å²) in [5, 5.41) is 3.05. The Balaban J connectivity index is 1.42. The molecule has 0 radical (unpaired) electrons. The van der Waals surface area contributed by atoms with Crippen LogP contribution in [0.5, 0.6) is 0 Å². The number of amides is 1. The lowest BCUT2D eigenvalue weighted by atomic mass is 9.97. The number of carbonyl (C=O) groups excluding carboxylic acids is 1. The van der Waals surface area contributed by atoms with Gasteiger partial charge in [-0.15, -0.1) is 0 Å². The van der Waals surface area contributed by atoms with E-state index in [0.717, 1.165) is 30.5 Å². The monoisotopic (exact) mass is 481 g/mol. The molecule has 4 aromatic rings. The van der Waals surface area contributed by atoms with E-state index in [9.17, 15) is 9.59 Å². The maximum absolute atomic E-state index is 13.7. The first-order valence-electron chi connectivity index (χ1n) is 12.6. The highest BCUT2D eigenvalue weighted by atomic mass is 16.2. The van der Waals surface area contributed by atoms with Crippen molar-refractivity contribution < 1.29 is 4.79 Å². The van der Waals surface area contributed by atoms with E-state index in [2.05, 4.69) is 17.2 Å². The van der Waals surface area contributed by atoms with E-state index in [1.54, 1.807) is 10.8 Å². The third-order valence-corrected chi connectivity index (χ3v) is 6.87. The minimum Gasteiger partial charge on any atom is -0.351 e. The summed E-state index contributed by atoms with van der Waals surface area (Å²) in [6.45, 7) is 5.70. The summed E-state index contributed by atoms with van der Waals surface area (Å²) in [6, 6.07) is 19.8. The summed E-state index contributed by atoms with van der Waals surface area (Å²) >= 11 is 0. The van der Waals surface area contributed by atoms with E-state index in [1.165, 1.54) is 11.1 Å². The van der Waals surface area contributed by atoms with Crippen LogP contribution in [0.4, 0.5) is 11.5 Å². The van der Waals surface area contributed by atoms with Gasteiger partial charge in [-0.25, -0.2) is 9.97 Å². The first kappa shape index (κ1) is 23.7. The molecule has 1 amide bonds. The quantitative estimate of drug-likeness (QED) is 0.437. The smallest absolute Gasteiger partial charge is 0.295 e. The normalized spacial score (nSPS) is 15.7. The van der Waals surface area contributed by atoms with E-state index in [4.69, 9.17) is 4.98 Å². The summed E-state index contributed by atoms with van der Waals surface area (Å²) in [7, 11) is 0. The first-order chi connectivity index (χ1) is 17.5. The maximum atomic E-state index is 13.7. The zero-order valence-corrected chi connectivity index (χ0v) is 20.8. The average molecular weight is 482 g/mol. The Labute approximate surface area is 210 Å². The van der Waals surface area contributed by atoms with Gasteiger partial charge < -0.3 is 10.2 Å². The van der Waals surface area contributed by atoms with Crippen LogP contribution in [0.25, 0.3) is 11.2 Å². The number of hydrogen-bond acceptors (Lipinski definition) is 5. The van der Waals surface area contributed by atoms with Crippen molar-refractivity contribution in [2.75, 3.05) is 23.3 Å². The van der Waals surface area contributed by atoms with Crippen molar-refractivity contribution in [2.24, 2.45) is 5.92 Å². The summed E-state index contributed by atoms with van der Waals surface area (Å²) in [5.74, 6) is 0.139. The van der Waals surface area contributed by atoms with Crippen LogP contribution in [0, 0.1) is 12.8 Å². The molecule has 1 fully saturated rings. The fraction of sp³-hybridized carbons (Fsp3) is 0.310. The minimum absolute atomic E-state index is 0.0219. The van der Waals surface area contributed by atoms with Crippen molar-refractivity contribution in [3.63, 3.8) is 0 Å². The highest BCUT2D eigenvalue weighted by molar-refractivity contribution is 5.93. The molecular weight excluding hydrogens is 450 g/mol. The standard InChI is InChI=1S/C29H31N5O2/c1-3-21-12-14-24(15-13-21)31-28(35)23-6-5-17-33(19-23)27-29(36)34(18-22-10-8-20(2)9-11-22)26-25(32-27)7-4-16-30-26/h4,7-16,23H,3,5-6,17-19H2,1-2H3,(H,31,35)/t23-/m0/s1. The molecule has 36 heavy (non-hydrogen) atoms. The lowest BCUT2D eigenvalue weighted by Gasteiger charge is -2.32. The van der Waals surface area contributed by atoms with Crippen LogP contribution in [0.3, 0.4) is 0 Å². The molecule has 184 valence electrons. The second-order valence-corrected chi connectivity index (χ2v) is 9.48. The Morgan fingerprint density at radius 3 is 2.56 bits per heavy atom. The number of pyridine rings is 1. The topological polar surface area (TPSA) is 80.1 Å². The van der Waals surface area contributed by atoms with Crippen LogP contribution in [0.1, 0.15) is 36.5 Å². The van der Waals surface area contributed by atoms with Crippen molar-refractivity contribution in [1.29, 1.82) is 0 Å². The van der Waals surface area contributed by atoms with Crippen molar-refractivity contribution in [3.05, 3.63) is 93.9 Å². The number of nitrogens with zero attached hydrogens (tertiary/aromatic N) is 4. The number of aryl methyl sites for hydroxylation is 2. The van der Waals surface area contributed by atoms with Gasteiger partial charge in [-0.05, 0) is 61.6 Å². The molecule has 0 bridgehead atoms. The molecule has 3 heterocycles. The van der Waals surface area contributed by atoms with Crippen LogP contribution >= 0.6 is 0 Å². The van der Waals surface area contributed by atoms with Crippen LogP contribution < -0.4 is 15.8 Å². The van der Waals surface area contributed by atoms with Gasteiger partial charge in [0.05, 0.1) is 12.5 Å². The van der Waals surface area contributed by atoms with Crippen LogP contribution in [0.15, 0.2) is 71.7 Å². The Morgan fingerprint density at radius 1 is 1.06 bits per heavy atom. The predicted octanol–water partition coefficient (Wildman–Crippen LogP) is 4.57. The van der Waals surface area contributed by atoms with Gasteiger partial charge in [0.2, 0.25) is 5.91 Å². The highest BCUT2D eigenvalue weighted by Gasteiger charge is 2.29. The van der Waals surface area contributed by atoms with Crippen molar-refractivity contribution in [3.8, 4) is 0 Å². The predicted molar refractivity (Wildman–Crippen MR) is 143 cm³/mol. The average Bonchev–Trinajstić information content (AvgIpc) is 2.91. The van der Waals surface area contributed by atoms with Crippen LogP contribution in [-0.2, 0) is 17.8 Å². The molecule has 2 aromatic heterocycles. The molecule has 0 unspecified atom stereocenters. The van der Waals surface area contributed by atoms with E-state index >= 15 is 0 Å². The number of rotatable bonds is 6. The molecular formula is C29H31N5O2. The Morgan fingerprint density at radius 2 is 1.81 bits per heavy atom. The number of hydrogen-bond donors (Lipinski definition) is 1. The molecule has 0 saturated carbocycles. The number of nitrogens with one attached hydrogen (secondary N) is 1. The van der Waals surface area contributed by atoms with Gasteiger partial charge in [-0.2, -0.15) is 0 Å². The highest BCUT2D eigenvalue weighted by Crippen LogP contribution is 2.23. The Kier molecular flexibility index (Phi) is 6.80. The lowest BCUT2D eigenvalue weighted by Crippen LogP contribution is -2.44. The van der Waals surface area contributed by atoms with E-state index in [-0.39, 0.29) is 17.4 Å². The largest absolute Gasteiger partial charge is 0.351 e. The van der Waals surface area contributed by atoms with E-state index in [0.29, 0.717) is 36.6 Å². The van der Waals surface area contributed by atoms with Gasteiger partial charge in [-0.1, -0.05) is 48.9 Å². The molecule has 1 aliphatic heterocycles. The fourth-order valence-corrected chi connectivity index (χ4v) is 4.74. The van der Waals surface area contributed by atoms with Gasteiger partial charge in [0, 0.05) is 25.0 Å². The lowest BCUT2D eigenvalue weighted by molar-refractivity contribution is -0.120. The number of anilines is 2. The molecule has 0 aliphatic carbocycles. The number of aromatic nitrogens is 3. The molecule has 1 saturated heterocycles. The van der Waals surface area contributed by atoms with Crippen LogP contribution in [-0.4, -0.2) is 33.5 Å². The molecule has 7 nitrogen and oxygen atoms in total. The van der Waals surface area contributed by atoms with Gasteiger partial charge in [0.25, 0.3) is 5.56 Å². The summed E-state index contributed by atoms with van der Waals surface area (Å²) in [6.07, 6.45) is 4.24. The van der Waals surface area contributed by atoms with Gasteiger partial charge in [-0.3, -0.25) is 14.2 Å². The Bertz CT molecular complexity index is 1430. The van der Waals surface area contributed by atoms with Crippen molar-refractivity contribution >= 4 is 28.6 Å². The number of fused-ring (bicyclic) bond motifs is 1. The number of piperidine rings is 1. The van der Waals surface area contributed by atoms with Crippen LogP contribution in [0.2, 0.25) is 0 Å². The van der Waals surface area contributed by atoms with Gasteiger partial charge >= 0.3 is 0 Å². The third-order valence-electron chi connectivity index (χ3n) is 6.87. The van der Waals surface area contributed by atoms with E-state index in [1.807, 2.05) is 72.5 Å². The molecule has 1 aliphatic rings. The van der Waals surface area contributed by atoms with Crippen molar-refractivity contribution in [1.82, 2.24) is 14.5 Å². The SMILES string of the molecule is CCc1ccc(NC(=O)[C@H]2CCCN(c3nc4cccnc4n(Cc4ccc(C)cc4)c3=O)C2)cc1. The second-order valence-electron chi connectivity index (χ2n) is 9.48. The van der Waals surface area contributed by atoms with Crippen molar-refractivity contribution in [2.45, 2.75) is 39.7 Å². The maximum Gasteiger partial charge on any atom is 0.295 e.